The Bertz CT molecular complexity index is 602. The van der Waals surface area contributed by atoms with Crippen molar-refractivity contribution >= 4 is 23.0 Å². The highest BCUT2D eigenvalue weighted by molar-refractivity contribution is 7.80. The van der Waals surface area contributed by atoms with E-state index in [9.17, 15) is 0 Å². The molecule has 0 aromatic heterocycles. The Kier molecular flexibility index (Phi) is 4.06. The number of hydrogen-bond acceptors (Lipinski definition) is 2. The van der Waals surface area contributed by atoms with Gasteiger partial charge in [0.15, 0.2) is 5.11 Å². The van der Waals surface area contributed by atoms with E-state index < -0.39 is 0 Å². The zero-order valence-electron chi connectivity index (χ0n) is 11.9. The van der Waals surface area contributed by atoms with Crippen molar-refractivity contribution in [3.8, 4) is 11.1 Å². The van der Waals surface area contributed by atoms with E-state index in [2.05, 4.69) is 58.3 Å². The van der Waals surface area contributed by atoms with Crippen LogP contribution in [0.15, 0.2) is 54.6 Å². The first-order chi connectivity index (χ1) is 10.2. The van der Waals surface area contributed by atoms with Gasteiger partial charge in [-0.1, -0.05) is 42.5 Å². The van der Waals surface area contributed by atoms with E-state index in [-0.39, 0.29) is 0 Å². The molecule has 1 heterocycles. The molecule has 21 heavy (non-hydrogen) atoms. The van der Waals surface area contributed by atoms with Crippen LogP contribution >= 0.6 is 12.2 Å². The first-order valence-corrected chi connectivity index (χ1v) is 7.60. The Balaban J connectivity index is 1.69. The Labute approximate surface area is 131 Å². The van der Waals surface area contributed by atoms with Crippen LogP contribution in [0.1, 0.15) is 0 Å². The van der Waals surface area contributed by atoms with Crippen molar-refractivity contribution in [3.05, 3.63) is 54.6 Å². The van der Waals surface area contributed by atoms with Crippen molar-refractivity contribution in [1.82, 2.24) is 4.90 Å². The summed E-state index contributed by atoms with van der Waals surface area (Å²) in [5, 5.41) is 0.508. The van der Waals surface area contributed by atoms with E-state index in [0.29, 0.717) is 5.11 Å². The van der Waals surface area contributed by atoms with E-state index in [1.165, 1.54) is 16.8 Å². The number of piperazine rings is 1. The second-order valence-electron chi connectivity index (χ2n) is 5.23. The summed E-state index contributed by atoms with van der Waals surface area (Å²) in [6.45, 7) is 3.72. The Hall–Kier alpha value is -2.07. The van der Waals surface area contributed by atoms with E-state index in [1.54, 1.807) is 0 Å². The molecule has 2 aromatic carbocycles. The molecule has 4 heteroatoms. The number of thiocarbonyl (C=S) groups is 1. The predicted molar refractivity (Wildman–Crippen MR) is 92.4 cm³/mol. The lowest BCUT2D eigenvalue weighted by molar-refractivity contribution is 0.388. The summed E-state index contributed by atoms with van der Waals surface area (Å²) in [6, 6.07) is 19.2. The largest absolute Gasteiger partial charge is 0.376 e. The molecular formula is C17H19N3S. The molecule has 1 aliphatic heterocycles. The normalized spacial score (nSPS) is 15.0. The zero-order valence-corrected chi connectivity index (χ0v) is 12.7. The summed E-state index contributed by atoms with van der Waals surface area (Å²) in [5.74, 6) is 0. The van der Waals surface area contributed by atoms with Crippen LogP contribution < -0.4 is 10.6 Å². The molecule has 0 unspecified atom stereocenters. The highest BCUT2D eigenvalue weighted by Gasteiger charge is 2.17. The van der Waals surface area contributed by atoms with Crippen molar-refractivity contribution < 1.29 is 0 Å². The van der Waals surface area contributed by atoms with Crippen LogP contribution in [0.4, 0.5) is 5.69 Å². The van der Waals surface area contributed by atoms with Gasteiger partial charge < -0.3 is 15.5 Å². The van der Waals surface area contributed by atoms with E-state index in [1.807, 2.05) is 6.07 Å². The van der Waals surface area contributed by atoms with Crippen molar-refractivity contribution in [2.75, 3.05) is 31.1 Å². The van der Waals surface area contributed by atoms with E-state index >= 15 is 0 Å². The number of rotatable bonds is 2. The quantitative estimate of drug-likeness (QED) is 0.864. The smallest absolute Gasteiger partial charge is 0.166 e. The van der Waals surface area contributed by atoms with Crippen LogP contribution in [0.25, 0.3) is 11.1 Å². The highest BCUT2D eigenvalue weighted by Crippen LogP contribution is 2.23. The van der Waals surface area contributed by atoms with Crippen molar-refractivity contribution in [2.24, 2.45) is 5.73 Å². The van der Waals surface area contributed by atoms with Gasteiger partial charge in [0.25, 0.3) is 0 Å². The molecule has 0 bridgehead atoms. The fourth-order valence-corrected chi connectivity index (χ4v) is 2.86. The fourth-order valence-electron chi connectivity index (χ4n) is 2.68. The van der Waals surface area contributed by atoms with Crippen LogP contribution in [0.2, 0.25) is 0 Å². The third-order valence-electron chi connectivity index (χ3n) is 3.93. The van der Waals surface area contributed by atoms with Gasteiger partial charge in [-0.15, -0.1) is 0 Å². The Morgan fingerprint density at radius 3 is 1.95 bits per heavy atom. The number of benzene rings is 2. The lowest BCUT2D eigenvalue weighted by Crippen LogP contribution is -2.50. The van der Waals surface area contributed by atoms with Gasteiger partial charge in [0.2, 0.25) is 0 Å². The summed E-state index contributed by atoms with van der Waals surface area (Å²) in [7, 11) is 0. The number of hydrogen-bond donors (Lipinski definition) is 1. The Morgan fingerprint density at radius 2 is 1.38 bits per heavy atom. The minimum Gasteiger partial charge on any atom is -0.376 e. The number of anilines is 1. The predicted octanol–water partition coefficient (Wildman–Crippen LogP) is 2.72. The van der Waals surface area contributed by atoms with E-state index in [4.69, 9.17) is 18.0 Å². The van der Waals surface area contributed by atoms with Crippen LogP contribution in [0, 0.1) is 0 Å². The lowest BCUT2D eigenvalue weighted by Gasteiger charge is -2.36. The van der Waals surface area contributed by atoms with Crippen molar-refractivity contribution in [3.63, 3.8) is 0 Å². The molecule has 1 aliphatic rings. The summed E-state index contributed by atoms with van der Waals surface area (Å²) in [4.78, 5) is 4.44. The molecule has 0 atom stereocenters. The molecule has 3 nitrogen and oxygen atoms in total. The third-order valence-corrected chi connectivity index (χ3v) is 4.19. The van der Waals surface area contributed by atoms with Gasteiger partial charge in [0, 0.05) is 31.9 Å². The second-order valence-corrected chi connectivity index (χ2v) is 5.64. The molecular weight excluding hydrogens is 278 g/mol. The topological polar surface area (TPSA) is 32.5 Å². The van der Waals surface area contributed by atoms with Crippen LogP contribution in [0.3, 0.4) is 0 Å². The molecule has 0 saturated carbocycles. The summed E-state index contributed by atoms with van der Waals surface area (Å²) >= 11 is 5.03. The lowest BCUT2D eigenvalue weighted by atomic mass is 10.1. The molecule has 2 aromatic rings. The second kappa shape index (κ2) is 6.14. The van der Waals surface area contributed by atoms with Crippen molar-refractivity contribution in [1.29, 1.82) is 0 Å². The maximum atomic E-state index is 5.67. The average Bonchev–Trinajstić information content (AvgIpc) is 2.56. The van der Waals surface area contributed by atoms with Gasteiger partial charge in [0.1, 0.15) is 0 Å². The van der Waals surface area contributed by atoms with Gasteiger partial charge in [-0.25, -0.2) is 0 Å². The average molecular weight is 297 g/mol. The molecule has 0 radical (unpaired) electrons. The zero-order chi connectivity index (χ0) is 14.7. The molecule has 1 saturated heterocycles. The maximum Gasteiger partial charge on any atom is 0.166 e. The fraction of sp³-hybridized carbons (Fsp3) is 0.235. The number of nitrogens with zero attached hydrogens (tertiary/aromatic N) is 2. The molecule has 0 spiro atoms. The number of nitrogens with two attached hydrogens (primary N) is 1. The van der Waals surface area contributed by atoms with Crippen molar-refractivity contribution in [2.45, 2.75) is 0 Å². The minimum atomic E-state index is 0.508. The molecule has 108 valence electrons. The molecule has 2 N–H and O–H groups in total. The maximum absolute atomic E-state index is 5.67. The van der Waals surface area contributed by atoms with Gasteiger partial charge in [-0.2, -0.15) is 0 Å². The molecule has 0 aliphatic carbocycles. The third kappa shape index (κ3) is 3.16. The summed E-state index contributed by atoms with van der Waals surface area (Å²) in [6.07, 6.45) is 0. The van der Waals surface area contributed by atoms with Gasteiger partial charge in [-0.3, -0.25) is 0 Å². The summed E-state index contributed by atoms with van der Waals surface area (Å²) < 4.78 is 0. The van der Waals surface area contributed by atoms with E-state index in [0.717, 1.165) is 26.2 Å². The van der Waals surface area contributed by atoms with Gasteiger partial charge in [0.05, 0.1) is 0 Å². The van der Waals surface area contributed by atoms with Crippen LogP contribution in [0.5, 0.6) is 0 Å². The van der Waals surface area contributed by atoms with Gasteiger partial charge in [-0.05, 0) is 35.5 Å². The monoisotopic (exact) mass is 297 g/mol. The first kappa shape index (κ1) is 13.9. The first-order valence-electron chi connectivity index (χ1n) is 7.19. The van der Waals surface area contributed by atoms with Crippen LogP contribution in [-0.4, -0.2) is 36.2 Å². The molecule has 0 amide bonds. The Morgan fingerprint density at radius 1 is 0.810 bits per heavy atom. The van der Waals surface area contributed by atoms with Gasteiger partial charge >= 0.3 is 0 Å². The van der Waals surface area contributed by atoms with Crippen LogP contribution in [-0.2, 0) is 0 Å². The molecule has 3 rings (SSSR count). The SMILES string of the molecule is NC(=S)N1CCN(c2ccc(-c3ccccc3)cc2)CC1. The minimum absolute atomic E-state index is 0.508. The standard InChI is InChI=1S/C17H19N3S/c18-17(21)20-12-10-19(11-13-20)16-8-6-15(7-9-16)14-4-2-1-3-5-14/h1-9H,10-13H2,(H2,18,21). The molecule has 1 fully saturated rings. The highest BCUT2D eigenvalue weighted by atomic mass is 32.1. The summed E-state index contributed by atoms with van der Waals surface area (Å²) in [5.41, 5.74) is 9.44.